The maximum absolute atomic E-state index is 13.3. The van der Waals surface area contributed by atoms with Crippen molar-refractivity contribution in [3.8, 4) is 0 Å². The molecule has 0 unspecified atom stereocenters. The number of carbonyl (C=O) groups excluding carboxylic acids is 1. The lowest BCUT2D eigenvalue weighted by Crippen LogP contribution is -2.42. The Balaban J connectivity index is 1.44. The molecule has 0 aromatic heterocycles. The van der Waals surface area contributed by atoms with Crippen molar-refractivity contribution >= 4 is 5.91 Å². The molecule has 0 bridgehead atoms. The van der Waals surface area contributed by atoms with E-state index in [-0.39, 0.29) is 31.8 Å². The molecule has 0 N–H and O–H groups in total. The molecule has 4 rings (SSSR count). The SMILES string of the molecule is O=C(c1ccc2c(c1)CCN(C1CCC1)CC2)N1CCC(F)(F)CC1. The lowest BCUT2D eigenvalue weighted by Gasteiger charge is -2.36. The van der Waals surface area contributed by atoms with E-state index in [2.05, 4.69) is 11.0 Å². The molecule has 1 aromatic carbocycles. The van der Waals surface area contributed by atoms with Crippen molar-refractivity contribution in [2.45, 2.75) is 56.9 Å². The lowest BCUT2D eigenvalue weighted by atomic mass is 9.91. The van der Waals surface area contributed by atoms with E-state index < -0.39 is 5.92 Å². The normalized spacial score (nSPS) is 24.3. The molecule has 3 nitrogen and oxygen atoms in total. The zero-order valence-corrected chi connectivity index (χ0v) is 14.6. The smallest absolute Gasteiger partial charge is 0.253 e. The van der Waals surface area contributed by atoms with Gasteiger partial charge in [-0.3, -0.25) is 9.69 Å². The molecule has 1 saturated carbocycles. The number of fused-ring (bicyclic) bond motifs is 1. The van der Waals surface area contributed by atoms with Crippen LogP contribution in [0.25, 0.3) is 0 Å². The zero-order chi connectivity index (χ0) is 17.4. The number of hydrogen-bond donors (Lipinski definition) is 0. The van der Waals surface area contributed by atoms with Crippen LogP contribution in [0.4, 0.5) is 8.78 Å². The largest absolute Gasteiger partial charge is 0.338 e. The van der Waals surface area contributed by atoms with E-state index in [1.807, 2.05) is 12.1 Å². The quantitative estimate of drug-likeness (QED) is 0.817. The minimum atomic E-state index is -2.62. The van der Waals surface area contributed by atoms with Crippen molar-refractivity contribution in [2.24, 2.45) is 0 Å². The van der Waals surface area contributed by atoms with Gasteiger partial charge in [-0.25, -0.2) is 8.78 Å². The number of alkyl halides is 2. The molecule has 3 aliphatic rings. The van der Waals surface area contributed by atoms with Gasteiger partial charge in [-0.05, 0) is 48.9 Å². The van der Waals surface area contributed by atoms with Crippen LogP contribution in [-0.2, 0) is 12.8 Å². The molecule has 0 radical (unpaired) electrons. The predicted octanol–water partition coefficient (Wildman–Crippen LogP) is 3.51. The van der Waals surface area contributed by atoms with Crippen molar-refractivity contribution in [3.63, 3.8) is 0 Å². The summed E-state index contributed by atoms with van der Waals surface area (Å²) in [5.74, 6) is -2.71. The average molecular weight is 348 g/mol. The summed E-state index contributed by atoms with van der Waals surface area (Å²) in [5, 5.41) is 0. The first-order valence-corrected chi connectivity index (χ1v) is 9.55. The number of piperidine rings is 1. The molecule has 5 heteroatoms. The Morgan fingerprint density at radius 2 is 1.68 bits per heavy atom. The molecule has 2 fully saturated rings. The third-order valence-corrected chi connectivity index (χ3v) is 6.16. The van der Waals surface area contributed by atoms with Crippen molar-refractivity contribution < 1.29 is 13.6 Å². The highest BCUT2D eigenvalue weighted by atomic mass is 19.3. The van der Waals surface area contributed by atoms with E-state index in [4.69, 9.17) is 0 Å². The van der Waals surface area contributed by atoms with Crippen LogP contribution in [0.5, 0.6) is 0 Å². The van der Waals surface area contributed by atoms with Crippen LogP contribution >= 0.6 is 0 Å². The van der Waals surface area contributed by atoms with Gasteiger partial charge >= 0.3 is 0 Å². The van der Waals surface area contributed by atoms with Crippen molar-refractivity contribution in [1.82, 2.24) is 9.80 Å². The van der Waals surface area contributed by atoms with Gasteiger partial charge in [0.1, 0.15) is 0 Å². The maximum atomic E-state index is 13.3. The Bertz CT molecular complexity index is 647. The molecule has 2 heterocycles. The van der Waals surface area contributed by atoms with Crippen LogP contribution in [0.15, 0.2) is 18.2 Å². The highest BCUT2D eigenvalue weighted by Gasteiger charge is 2.36. The summed E-state index contributed by atoms with van der Waals surface area (Å²) in [7, 11) is 0. The lowest BCUT2D eigenvalue weighted by molar-refractivity contribution is -0.0494. The summed E-state index contributed by atoms with van der Waals surface area (Å²) >= 11 is 0. The Morgan fingerprint density at radius 1 is 1.00 bits per heavy atom. The molecule has 1 aliphatic carbocycles. The van der Waals surface area contributed by atoms with E-state index in [1.54, 1.807) is 4.90 Å². The molecular weight excluding hydrogens is 322 g/mol. The number of nitrogens with zero attached hydrogens (tertiary/aromatic N) is 2. The topological polar surface area (TPSA) is 23.6 Å². The predicted molar refractivity (Wildman–Crippen MR) is 93.1 cm³/mol. The van der Waals surface area contributed by atoms with Crippen LogP contribution in [-0.4, -0.2) is 53.9 Å². The average Bonchev–Trinajstić information content (AvgIpc) is 2.75. The van der Waals surface area contributed by atoms with Crippen molar-refractivity contribution in [2.75, 3.05) is 26.2 Å². The van der Waals surface area contributed by atoms with Crippen molar-refractivity contribution in [1.29, 1.82) is 0 Å². The van der Waals surface area contributed by atoms with Gasteiger partial charge in [0.2, 0.25) is 0 Å². The van der Waals surface area contributed by atoms with E-state index in [1.165, 1.54) is 30.4 Å². The second-order valence-corrected chi connectivity index (χ2v) is 7.75. The number of rotatable bonds is 2. The third-order valence-electron chi connectivity index (χ3n) is 6.16. The van der Waals surface area contributed by atoms with Gasteiger partial charge in [-0.1, -0.05) is 12.5 Å². The first-order valence-electron chi connectivity index (χ1n) is 9.55. The Kier molecular flexibility index (Phi) is 4.52. The Hall–Kier alpha value is -1.49. The Labute approximate surface area is 148 Å². The molecule has 1 aromatic rings. The fourth-order valence-electron chi connectivity index (χ4n) is 4.21. The molecule has 0 spiro atoms. The Morgan fingerprint density at radius 3 is 2.32 bits per heavy atom. The molecule has 2 aliphatic heterocycles. The van der Waals surface area contributed by atoms with Gasteiger partial charge in [-0.15, -0.1) is 0 Å². The van der Waals surface area contributed by atoms with Gasteiger partial charge in [0.05, 0.1) is 0 Å². The van der Waals surface area contributed by atoms with Crippen LogP contribution in [0, 0.1) is 0 Å². The van der Waals surface area contributed by atoms with Crippen LogP contribution < -0.4 is 0 Å². The number of halogens is 2. The summed E-state index contributed by atoms with van der Waals surface area (Å²) in [6.45, 7) is 2.47. The summed E-state index contributed by atoms with van der Waals surface area (Å²) in [6, 6.07) is 6.72. The first kappa shape index (κ1) is 17.0. The van der Waals surface area contributed by atoms with Crippen molar-refractivity contribution in [3.05, 3.63) is 34.9 Å². The van der Waals surface area contributed by atoms with Gasteiger partial charge in [-0.2, -0.15) is 0 Å². The molecule has 1 saturated heterocycles. The highest BCUT2D eigenvalue weighted by molar-refractivity contribution is 5.94. The summed E-state index contributed by atoms with van der Waals surface area (Å²) in [4.78, 5) is 16.9. The number of hydrogen-bond acceptors (Lipinski definition) is 2. The number of likely N-dealkylation sites (tertiary alicyclic amines) is 1. The van der Waals surface area contributed by atoms with Gasteiger partial charge in [0.25, 0.3) is 11.8 Å². The van der Waals surface area contributed by atoms with Gasteiger partial charge < -0.3 is 4.90 Å². The monoisotopic (exact) mass is 348 g/mol. The van der Waals surface area contributed by atoms with E-state index >= 15 is 0 Å². The second kappa shape index (κ2) is 6.67. The maximum Gasteiger partial charge on any atom is 0.253 e. The second-order valence-electron chi connectivity index (χ2n) is 7.75. The zero-order valence-electron chi connectivity index (χ0n) is 14.6. The van der Waals surface area contributed by atoms with Gasteiger partial charge in [0, 0.05) is 50.6 Å². The van der Waals surface area contributed by atoms with E-state index in [0.717, 1.165) is 32.0 Å². The molecular formula is C20H26F2N2O. The summed E-state index contributed by atoms with van der Waals surface area (Å²) in [5.41, 5.74) is 3.25. The molecule has 25 heavy (non-hydrogen) atoms. The summed E-state index contributed by atoms with van der Waals surface area (Å²) < 4.78 is 26.6. The minimum absolute atomic E-state index is 0.0987. The van der Waals surface area contributed by atoms with Crippen LogP contribution in [0.3, 0.4) is 0 Å². The molecule has 136 valence electrons. The first-order chi connectivity index (χ1) is 12.0. The number of benzene rings is 1. The molecule has 1 amide bonds. The summed E-state index contributed by atoms with van der Waals surface area (Å²) in [6.07, 6.45) is 5.56. The highest BCUT2D eigenvalue weighted by Crippen LogP contribution is 2.30. The van der Waals surface area contributed by atoms with Crippen LogP contribution in [0.1, 0.15) is 53.6 Å². The van der Waals surface area contributed by atoms with E-state index in [9.17, 15) is 13.6 Å². The van der Waals surface area contributed by atoms with Crippen LogP contribution in [0.2, 0.25) is 0 Å². The standard InChI is InChI=1S/C20H26F2N2O/c21-20(22)8-12-24(13-9-20)19(25)17-5-4-15-6-10-23(18-2-1-3-18)11-7-16(15)14-17/h4-5,14,18H,1-3,6-13H2. The number of amides is 1. The third kappa shape index (κ3) is 3.57. The fraction of sp³-hybridized carbons (Fsp3) is 0.650. The van der Waals surface area contributed by atoms with Gasteiger partial charge in [0.15, 0.2) is 0 Å². The number of carbonyl (C=O) groups is 1. The fourth-order valence-corrected chi connectivity index (χ4v) is 4.21. The molecule has 0 atom stereocenters. The minimum Gasteiger partial charge on any atom is -0.338 e. The van der Waals surface area contributed by atoms with E-state index in [0.29, 0.717) is 5.56 Å².